The molecule has 0 aromatic rings. The van der Waals surface area contributed by atoms with E-state index >= 15 is 0 Å². The number of allylic oxidation sites excluding steroid dienone is 1. The highest BCUT2D eigenvalue weighted by Gasteiger charge is 2.42. The Balaban J connectivity index is 1.57. The van der Waals surface area contributed by atoms with Crippen LogP contribution in [0.15, 0.2) is 11.6 Å². The van der Waals surface area contributed by atoms with E-state index < -0.39 is 0 Å². The Morgan fingerprint density at radius 3 is 2.67 bits per heavy atom. The van der Waals surface area contributed by atoms with Gasteiger partial charge in [0.1, 0.15) is 0 Å². The van der Waals surface area contributed by atoms with Crippen LogP contribution in [0.2, 0.25) is 0 Å². The summed E-state index contributed by atoms with van der Waals surface area (Å²) < 4.78 is 5.71. The van der Waals surface area contributed by atoms with Crippen molar-refractivity contribution in [1.82, 2.24) is 9.80 Å². The highest BCUT2D eigenvalue weighted by molar-refractivity contribution is 5.88. The molecule has 3 aliphatic heterocycles. The van der Waals surface area contributed by atoms with Gasteiger partial charge in [-0.15, -0.1) is 0 Å². The van der Waals surface area contributed by atoms with E-state index in [1.807, 2.05) is 23.6 Å². The summed E-state index contributed by atoms with van der Waals surface area (Å²) in [6.07, 6.45) is 7.76. The quantitative estimate of drug-likeness (QED) is 0.745. The summed E-state index contributed by atoms with van der Waals surface area (Å²) in [5.74, 6) is 0.409. The molecule has 0 bridgehead atoms. The fourth-order valence-corrected chi connectivity index (χ4v) is 4.25. The highest BCUT2D eigenvalue weighted by Crippen LogP contribution is 2.40. The molecule has 0 aromatic carbocycles. The molecule has 3 heterocycles. The van der Waals surface area contributed by atoms with Gasteiger partial charge in [-0.05, 0) is 51.4 Å². The third kappa shape index (κ3) is 4.00. The van der Waals surface area contributed by atoms with Crippen molar-refractivity contribution in [2.24, 2.45) is 5.41 Å². The number of nitrogens with zero attached hydrogens (tertiary/aromatic N) is 2. The average molecular weight is 334 g/mol. The van der Waals surface area contributed by atoms with Gasteiger partial charge < -0.3 is 14.5 Å². The van der Waals surface area contributed by atoms with Gasteiger partial charge in [-0.1, -0.05) is 5.57 Å². The van der Waals surface area contributed by atoms with Crippen molar-refractivity contribution in [3.8, 4) is 0 Å². The third-order valence-electron chi connectivity index (χ3n) is 5.74. The van der Waals surface area contributed by atoms with Gasteiger partial charge in [-0.25, -0.2) is 0 Å². The summed E-state index contributed by atoms with van der Waals surface area (Å²) in [7, 11) is 0. The van der Waals surface area contributed by atoms with Crippen molar-refractivity contribution in [3.05, 3.63) is 11.6 Å². The van der Waals surface area contributed by atoms with Gasteiger partial charge in [-0.2, -0.15) is 0 Å². The van der Waals surface area contributed by atoms with E-state index in [4.69, 9.17) is 4.74 Å². The minimum Gasteiger partial charge on any atom is -0.376 e. The molecule has 5 heteroatoms. The number of carbonyl (C=O) groups is 2. The Morgan fingerprint density at radius 2 is 2.04 bits per heavy atom. The van der Waals surface area contributed by atoms with E-state index in [-0.39, 0.29) is 23.3 Å². The molecule has 0 aliphatic carbocycles. The maximum absolute atomic E-state index is 12.3. The SMILES string of the molecule is CC(C)=CC(=O)N1CCC2(CCC(=O)N(CC3CCCO3)C2)CC1. The second-order valence-corrected chi connectivity index (χ2v) is 7.96. The highest BCUT2D eigenvalue weighted by atomic mass is 16.5. The van der Waals surface area contributed by atoms with E-state index in [0.717, 1.165) is 70.5 Å². The number of hydrogen-bond donors (Lipinski definition) is 0. The van der Waals surface area contributed by atoms with Gasteiger partial charge in [0.05, 0.1) is 6.10 Å². The van der Waals surface area contributed by atoms with Crippen molar-refractivity contribution in [2.75, 3.05) is 32.8 Å². The lowest BCUT2D eigenvalue weighted by Gasteiger charge is -2.47. The molecule has 0 radical (unpaired) electrons. The van der Waals surface area contributed by atoms with Crippen LogP contribution < -0.4 is 0 Å². The molecule has 5 nitrogen and oxygen atoms in total. The molecular formula is C19H30N2O3. The summed E-state index contributed by atoms with van der Waals surface area (Å²) in [5.41, 5.74) is 1.25. The first-order chi connectivity index (χ1) is 11.5. The fourth-order valence-electron chi connectivity index (χ4n) is 4.25. The van der Waals surface area contributed by atoms with E-state index in [2.05, 4.69) is 0 Å². The predicted octanol–water partition coefficient (Wildman–Crippen LogP) is 2.36. The standard InChI is InChI=1S/C19H30N2O3/c1-15(2)12-18(23)20-9-7-19(8-10-20)6-5-17(22)21(14-19)13-16-4-3-11-24-16/h12,16H,3-11,13-14H2,1-2H3. The lowest BCUT2D eigenvalue weighted by molar-refractivity contribution is -0.143. The topological polar surface area (TPSA) is 49.9 Å². The third-order valence-corrected chi connectivity index (χ3v) is 5.74. The van der Waals surface area contributed by atoms with E-state index in [0.29, 0.717) is 6.42 Å². The number of hydrogen-bond acceptors (Lipinski definition) is 3. The van der Waals surface area contributed by atoms with Crippen molar-refractivity contribution in [2.45, 2.75) is 58.5 Å². The largest absolute Gasteiger partial charge is 0.376 e. The molecule has 1 atom stereocenters. The van der Waals surface area contributed by atoms with Gasteiger partial charge in [-0.3, -0.25) is 9.59 Å². The molecule has 0 aromatic heterocycles. The Morgan fingerprint density at radius 1 is 1.29 bits per heavy atom. The zero-order chi connectivity index (χ0) is 17.2. The summed E-state index contributed by atoms with van der Waals surface area (Å²) in [6.45, 7) is 7.96. The first kappa shape index (κ1) is 17.5. The molecule has 0 N–H and O–H groups in total. The van der Waals surface area contributed by atoms with Crippen molar-refractivity contribution >= 4 is 11.8 Å². The van der Waals surface area contributed by atoms with Gasteiger partial charge in [0, 0.05) is 45.3 Å². The van der Waals surface area contributed by atoms with Crippen LogP contribution in [0, 0.1) is 5.41 Å². The van der Waals surface area contributed by atoms with Crippen LogP contribution in [-0.4, -0.2) is 60.5 Å². The number of piperidine rings is 2. The number of amides is 2. The Kier molecular flexibility index (Phi) is 5.28. The molecule has 134 valence electrons. The number of ether oxygens (including phenoxy) is 1. The second-order valence-electron chi connectivity index (χ2n) is 7.96. The smallest absolute Gasteiger partial charge is 0.246 e. The van der Waals surface area contributed by atoms with E-state index in [1.54, 1.807) is 6.08 Å². The van der Waals surface area contributed by atoms with Crippen molar-refractivity contribution < 1.29 is 14.3 Å². The molecule has 0 saturated carbocycles. The summed E-state index contributed by atoms with van der Waals surface area (Å²) >= 11 is 0. The minimum absolute atomic E-state index is 0.132. The van der Waals surface area contributed by atoms with Gasteiger partial charge in [0.25, 0.3) is 0 Å². The summed E-state index contributed by atoms with van der Waals surface area (Å²) in [5, 5.41) is 0. The monoisotopic (exact) mass is 334 g/mol. The summed E-state index contributed by atoms with van der Waals surface area (Å²) in [6, 6.07) is 0. The second kappa shape index (κ2) is 7.26. The molecule has 3 rings (SSSR count). The van der Waals surface area contributed by atoms with E-state index in [9.17, 15) is 9.59 Å². The first-order valence-electron chi connectivity index (χ1n) is 9.31. The fraction of sp³-hybridized carbons (Fsp3) is 0.789. The van der Waals surface area contributed by atoms with Gasteiger partial charge in [0.15, 0.2) is 0 Å². The lowest BCUT2D eigenvalue weighted by atomic mass is 9.72. The zero-order valence-electron chi connectivity index (χ0n) is 15.1. The number of carbonyl (C=O) groups excluding carboxylic acids is 2. The van der Waals surface area contributed by atoms with Crippen LogP contribution in [0.25, 0.3) is 0 Å². The molecule has 24 heavy (non-hydrogen) atoms. The van der Waals surface area contributed by atoms with E-state index in [1.165, 1.54) is 0 Å². The molecule has 3 fully saturated rings. The minimum atomic E-state index is 0.132. The van der Waals surface area contributed by atoms with Crippen molar-refractivity contribution in [3.63, 3.8) is 0 Å². The van der Waals surface area contributed by atoms with Crippen LogP contribution in [0.3, 0.4) is 0 Å². The first-order valence-corrected chi connectivity index (χ1v) is 9.31. The number of rotatable bonds is 3. The van der Waals surface area contributed by atoms with Gasteiger partial charge >= 0.3 is 0 Å². The van der Waals surface area contributed by atoms with Crippen LogP contribution in [-0.2, 0) is 14.3 Å². The number of likely N-dealkylation sites (tertiary alicyclic amines) is 2. The molecule has 1 unspecified atom stereocenters. The Bertz CT molecular complexity index is 511. The maximum atomic E-state index is 12.3. The van der Waals surface area contributed by atoms with Crippen molar-refractivity contribution in [1.29, 1.82) is 0 Å². The Labute approximate surface area is 145 Å². The van der Waals surface area contributed by atoms with Gasteiger partial charge in [0.2, 0.25) is 11.8 Å². The summed E-state index contributed by atoms with van der Waals surface area (Å²) in [4.78, 5) is 28.5. The normalized spacial score (nSPS) is 26.8. The van der Waals surface area contributed by atoms with Crippen LogP contribution in [0.5, 0.6) is 0 Å². The molecule has 3 saturated heterocycles. The molecular weight excluding hydrogens is 304 g/mol. The average Bonchev–Trinajstić information content (AvgIpc) is 3.04. The molecule has 1 spiro atoms. The molecule has 3 aliphatic rings. The van der Waals surface area contributed by atoms with Crippen LogP contribution >= 0.6 is 0 Å². The van der Waals surface area contributed by atoms with Crippen LogP contribution in [0.4, 0.5) is 0 Å². The van der Waals surface area contributed by atoms with Crippen LogP contribution in [0.1, 0.15) is 52.4 Å². The Hall–Kier alpha value is -1.36. The lowest BCUT2D eigenvalue weighted by Crippen LogP contribution is -2.53. The maximum Gasteiger partial charge on any atom is 0.246 e. The predicted molar refractivity (Wildman–Crippen MR) is 92.5 cm³/mol. The zero-order valence-corrected chi connectivity index (χ0v) is 15.1. The molecule has 2 amide bonds.